The summed E-state index contributed by atoms with van der Waals surface area (Å²) in [7, 11) is 0. The van der Waals surface area contributed by atoms with E-state index < -0.39 is 6.10 Å². The number of carbonyl (C=O) groups excluding carboxylic acids is 1. The van der Waals surface area contributed by atoms with Crippen LogP contribution in [0.2, 0.25) is 10.0 Å². The maximum Gasteiger partial charge on any atom is 0.234 e. The zero-order valence-corrected chi connectivity index (χ0v) is 20.1. The van der Waals surface area contributed by atoms with Crippen LogP contribution in [-0.4, -0.2) is 26.4 Å². The molecule has 0 aliphatic carbocycles. The first-order chi connectivity index (χ1) is 14.8. The number of hydrogen-bond donors (Lipinski definition) is 1. The third-order valence-corrected chi connectivity index (χ3v) is 6.12. The molecule has 6 nitrogen and oxygen atoms in total. The number of nitrogens with zero attached hydrogens (tertiary/aromatic N) is 3. The molecular weight excluding hydrogens is 455 g/mol. The number of halogens is 2. The second kappa shape index (κ2) is 10.4. The number of thioether (sulfide) groups is 1. The van der Waals surface area contributed by atoms with Gasteiger partial charge in [-0.15, -0.1) is 10.2 Å². The van der Waals surface area contributed by atoms with E-state index in [1.54, 1.807) is 18.2 Å². The molecule has 0 aliphatic rings. The third-order valence-electron chi connectivity index (χ3n) is 4.61. The molecule has 0 saturated carbocycles. The van der Waals surface area contributed by atoms with Gasteiger partial charge in [0.05, 0.1) is 10.8 Å². The Labute approximate surface area is 196 Å². The zero-order chi connectivity index (χ0) is 22.5. The first-order valence-corrected chi connectivity index (χ1v) is 11.6. The maximum atomic E-state index is 12.4. The molecular formula is C22H24Cl2N4O2S. The largest absolute Gasteiger partial charge is 0.481 e. The Hall–Kier alpha value is -2.22. The number of aromatic nitrogens is 3. The van der Waals surface area contributed by atoms with Crippen molar-refractivity contribution in [3.8, 4) is 5.75 Å². The Morgan fingerprint density at radius 3 is 2.68 bits per heavy atom. The molecule has 31 heavy (non-hydrogen) atoms. The molecule has 1 aromatic heterocycles. The molecule has 0 fully saturated rings. The molecule has 0 radical (unpaired) electrons. The SMILES string of the molecule is CCn1c(SCC(=O)Nc2ccc(C)cc2C)nnc1C(C)Oc1cc(Cl)ccc1Cl. The number of rotatable bonds is 8. The molecule has 1 N–H and O–H groups in total. The third kappa shape index (κ3) is 5.93. The average molecular weight is 479 g/mol. The van der Waals surface area contributed by atoms with Crippen molar-refractivity contribution < 1.29 is 9.53 Å². The summed E-state index contributed by atoms with van der Waals surface area (Å²) in [5, 5.41) is 13.1. The van der Waals surface area contributed by atoms with Crippen molar-refractivity contribution in [1.82, 2.24) is 14.8 Å². The van der Waals surface area contributed by atoms with Gasteiger partial charge >= 0.3 is 0 Å². The summed E-state index contributed by atoms with van der Waals surface area (Å²) in [6, 6.07) is 11.0. The molecule has 0 saturated heterocycles. The first kappa shape index (κ1) is 23.4. The molecule has 3 aromatic rings. The zero-order valence-electron chi connectivity index (χ0n) is 17.8. The fourth-order valence-electron chi connectivity index (χ4n) is 3.09. The van der Waals surface area contributed by atoms with Gasteiger partial charge in [-0.25, -0.2) is 0 Å². The maximum absolute atomic E-state index is 12.4. The number of nitrogens with one attached hydrogen (secondary N) is 1. The van der Waals surface area contributed by atoms with Crippen molar-refractivity contribution in [3.05, 3.63) is 63.4 Å². The first-order valence-electron chi connectivity index (χ1n) is 9.83. The van der Waals surface area contributed by atoms with E-state index >= 15 is 0 Å². The van der Waals surface area contributed by atoms with Gasteiger partial charge in [0.25, 0.3) is 0 Å². The number of benzene rings is 2. The van der Waals surface area contributed by atoms with E-state index in [4.69, 9.17) is 27.9 Å². The topological polar surface area (TPSA) is 69.0 Å². The molecule has 0 aliphatic heterocycles. The van der Waals surface area contributed by atoms with Crippen LogP contribution < -0.4 is 10.1 Å². The fraction of sp³-hybridized carbons (Fsp3) is 0.318. The van der Waals surface area contributed by atoms with Gasteiger partial charge in [0.15, 0.2) is 17.1 Å². The van der Waals surface area contributed by atoms with Gasteiger partial charge in [-0.3, -0.25) is 4.79 Å². The van der Waals surface area contributed by atoms with Crippen LogP contribution in [-0.2, 0) is 11.3 Å². The molecule has 164 valence electrons. The van der Waals surface area contributed by atoms with Gasteiger partial charge in [0.2, 0.25) is 5.91 Å². The minimum absolute atomic E-state index is 0.0980. The van der Waals surface area contributed by atoms with Crippen LogP contribution >= 0.6 is 35.0 Å². The van der Waals surface area contributed by atoms with Crippen molar-refractivity contribution in [1.29, 1.82) is 0 Å². The van der Waals surface area contributed by atoms with Crippen molar-refractivity contribution in [3.63, 3.8) is 0 Å². The summed E-state index contributed by atoms with van der Waals surface area (Å²) >= 11 is 13.6. The number of anilines is 1. The number of hydrogen-bond acceptors (Lipinski definition) is 5. The van der Waals surface area contributed by atoms with Crippen LogP contribution in [0.4, 0.5) is 5.69 Å². The molecule has 1 amide bonds. The van der Waals surface area contributed by atoms with Gasteiger partial charge in [0, 0.05) is 23.3 Å². The van der Waals surface area contributed by atoms with Crippen LogP contribution in [0.15, 0.2) is 41.6 Å². The molecule has 9 heteroatoms. The highest BCUT2D eigenvalue weighted by Crippen LogP contribution is 2.32. The highest BCUT2D eigenvalue weighted by molar-refractivity contribution is 7.99. The lowest BCUT2D eigenvalue weighted by Gasteiger charge is -2.16. The van der Waals surface area contributed by atoms with E-state index in [2.05, 4.69) is 15.5 Å². The van der Waals surface area contributed by atoms with E-state index in [-0.39, 0.29) is 11.7 Å². The van der Waals surface area contributed by atoms with Crippen LogP contribution in [0, 0.1) is 13.8 Å². The number of ether oxygens (including phenoxy) is 1. The van der Waals surface area contributed by atoms with Crippen molar-refractivity contribution >= 4 is 46.6 Å². The smallest absolute Gasteiger partial charge is 0.234 e. The lowest BCUT2D eigenvalue weighted by molar-refractivity contribution is -0.113. The van der Waals surface area contributed by atoms with Crippen molar-refractivity contribution in [2.24, 2.45) is 0 Å². The summed E-state index contributed by atoms with van der Waals surface area (Å²) < 4.78 is 7.90. The summed E-state index contributed by atoms with van der Waals surface area (Å²) in [5.74, 6) is 1.25. The lowest BCUT2D eigenvalue weighted by Crippen LogP contribution is -2.16. The summed E-state index contributed by atoms with van der Waals surface area (Å²) in [6.45, 7) is 8.50. The average Bonchev–Trinajstić information content (AvgIpc) is 3.14. The molecule has 3 rings (SSSR count). The number of amides is 1. The molecule has 2 aromatic carbocycles. The monoisotopic (exact) mass is 478 g/mol. The minimum Gasteiger partial charge on any atom is -0.481 e. The second-order valence-electron chi connectivity index (χ2n) is 7.08. The molecule has 1 atom stereocenters. The van der Waals surface area contributed by atoms with E-state index in [1.807, 2.05) is 50.5 Å². The predicted molar refractivity (Wildman–Crippen MR) is 126 cm³/mol. The lowest BCUT2D eigenvalue weighted by atomic mass is 10.1. The second-order valence-corrected chi connectivity index (χ2v) is 8.86. The molecule has 0 spiro atoms. The van der Waals surface area contributed by atoms with Gasteiger partial charge in [-0.2, -0.15) is 0 Å². The number of carbonyl (C=O) groups is 1. The van der Waals surface area contributed by atoms with Gasteiger partial charge in [0.1, 0.15) is 5.75 Å². The van der Waals surface area contributed by atoms with Crippen molar-refractivity contribution in [2.45, 2.75) is 45.5 Å². The van der Waals surface area contributed by atoms with E-state index in [0.717, 1.165) is 16.8 Å². The Kier molecular flexibility index (Phi) is 7.86. The fourth-order valence-corrected chi connectivity index (χ4v) is 4.22. The highest BCUT2D eigenvalue weighted by Gasteiger charge is 2.20. The normalized spacial score (nSPS) is 11.9. The minimum atomic E-state index is -0.401. The Morgan fingerprint density at radius 1 is 1.19 bits per heavy atom. The van der Waals surface area contributed by atoms with E-state index in [0.29, 0.717) is 33.3 Å². The standard InChI is InChI=1S/C22H24Cl2N4O2S/c1-5-28-21(15(4)30-19-11-16(23)7-8-17(19)24)26-27-22(28)31-12-20(29)25-18-9-6-13(2)10-14(18)3/h6-11,15H,5,12H2,1-4H3,(H,25,29). The van der Waals surface area contributed by atoms with Crippen molar-refractivity contribution in [2.75, 3.05) is 11.1 Å². The van der Waals surface area contributed by atoms with Gasteiger partial charge < -0.3 is 14.6 Å². The molecule has 1 unspecified atom stereocenters. The van der Waals surface area contributed by atoms with E-state index in [1.165, 1.54) is 11.8 Å². The molecule has 1 heterocycles. The van der Waals surface area contributed by atoms with E-state index in [9.17, 15) is 4.79 Å². The highest BCUT2D eigenvalue weighted by atomic mass is 35.5. The predicted octanol–water partition coefficient (Wildman–Crippen LogP) is 6.09. The summed E-state index contributed by atoms with van der Waals surface area (Å²) in [6.07, 6.45) is -0.401. The summed E-state index contributed by atoms with van der Waals surface area (Å²) in [4.78, 5) is 12.4. The quantitative estimate of drug-likeness (QED) is 0.396. The Balaban J connectivity index is 1.66. The van der Waals surface area contributed by atoms with Crippen LogP contribution in [0.25, 0.3) is 0 Å². The Morgan fingerprint density at radius 2 is 1.97 bits per heavy atom. The summed E-state index contributed by atoms with van der Waals surface area (Å²) in [5.41, 5.74) is 3.00. The van der Waals surface area contributed by atoms with Crippen LogP contribution in [0.5, 0.6) is 5.75 Å². The van der Waals surface area contributed by atoms with Crippen LogP contribution in [0.1, 0.15) is 36.9 Å². The molecule has 0 bridgehead atoms. The van der Waals surface area contributed by atoms with Crippen LogP contribution in [0.3, 0.4) is 0 Å². The Bertz CT molecular complexity index is 1090. The van der Waals surface area contributed by atoms with Gasteiger partial charge in [-0.05, 0) is 51.5 Å². The van der Waals surface area contributed by atoms with Gasteiger partial charge in [-0.1, -0.05) is 52.7 Å². The number of aryl methyl sites for hydroxylation is 2.